The first-order chi connectivity index (χ1) is 11.7. The van der Waals surface area contributed by atoms with Crippen LogP contribution in [0.15, 0.2) is 35.7 Å². The molecule has 0 fully saturated rings. The molecular weight excluding hydrogens is 320 g/mol. The van der Waals surface area contributed by atoms with Gasteiger partial charge in [0.1, 0.15) is 5.69 Å². The summed E-state index contributed by atoms with van der Waals surface area (Å²) in [6, 6.07) is 10.0. The summed E-state index contributed by atoms with van der Waals surface area (Å²) in [6.45, 7) is 5.47. The highest BCUT2D eigenvalue weighted by Crippen LogP contribution is 2.27. The summed E-state index contributed by atoms with van der Waals surface area (Å²) in [5.74, 6) is -0.0653. The van der Waals surface area contributed by atoms with E-state index in [0.717, 1.165) is 40.0 Å². The van der Waals surface area contributed by atoms with Crippen molar-refractivity contribution in [3.8, 4) is 0 Å². The average Bonchev–Trinajstić information content (AvgIpc) is 3.16. The number of hydrogen-bond acceptors (Lipinski definition) is 3. The Balaban J connectivity index is 1.94. The second-order valence-electron chi connectivity index (χ2n) is 5.63. The molecule has 1 N–H and O–H groups in total. The molecule has 0 saturated heterocycles. The highest BCUT2D eigenvalue weighted by molar-refractivity contribution is 7.17. The Hall–Kier alpha value is -2.11. The average molecular weight is 342 g/mol. The summed E-state index contributed by atoms with van der Waals surface area (Å²) < 4.78 is 8.47. The van der Waals surface area contributed by atoms with Gasteiger partial charge in [-0.25, -0.2) is 0 Å². The van der Waals surface area contributed by atoms with E-state index in [1.807, 2.05) is 24.3 Å². The van der Waals surface area contributed by atoms with E-state index in [0.29, 0.717) is 12.3 Å². The predicted molar refractivity (Wildman–Crippen MR) is 100.0 cm³/mol. The third-order valence-electron chi connectivity index (χ3n) is 4.25. The lowest BCUT2D eigenvalue weighted by molar-refractivity contribution is 0.101. The molecule has 126 valence electrons. The number of anilines is 1. The molecule has 5 heteroatoms. The number of hydrogen-bond donors (Lipinski definition) is 1. The van der Waals surface area contributed by atoms with Crippen molar-refractivity contribution in [2.24, 2.45) is 0 Å². The number of carbonyl (C=O) groups excluding carboxylic acids is 1. The molecule has 24 heavy (non-hydrogen) atoms. The van der Waals surface area contributed by atoms with E-state index >= 15 is 0 Å². The van der Waals surface area contributed by atoms with E-state index < -0.39 is 0 Å². The first-order valence-corrected chi connectivity index (χ1v) is 9.05. The third-order valence-corrected chi connectivity index (χ3v) is 5.10. The lowest BCUT2D eigenvalue weighted by Crippen LogP contribution is -2.18. The van der Waals surface area contributed by atoms with Gasteiger partial charge in [0.2, 0.25) is 0 Å². The maximum Gasteiger partial charge on any atom is 0.272 e. The topological polar surface area (TPSA) is 43.3 Å². The molecule has 0 atom stereocenters. The molecule has 0 aliphatic heterocycles. The zero-order valence-electron chi connectivity index (χ0n) is 14.3. The molecule has 3 rings (SSSR count). The number of fused-ring (bicyclic) bond motifs is 1. The Kier molecular flexibility index (Phi) is 5.02. The summed E-state index contributed by atoms with van der Waals surface area (Å²) in [5.41, 5.74) is 4.94. The van der Waals surface area contributed by atoms with Crippen molar-refractivity contribution in [3.63, 3.8) is 0 Å². The van der Waals surface area contributed by atoms with Gasteiger partial charge in [0, 0.05) is 19.3 Å². The minimum Gasteiger partial charge on any atom is -0.380 e. The molecule has 2 heterocycles. The first-order valence-electron chi connectivity index (χ1n) is 8.17. The lowest BCUT2D eigenvalue weighted by atomic mass is 10.0. The van der Waals surface area contributed by atoms with Crippen LogP contribution in [0.3, 0.4) is 0 Å². The molecule has 1 aromatic carbocycles. The van der Waals surface area contributed by atoms with Crippen molar-refractivity contribution in [1.82, 2.24) is 4.57 Å². The third kappa shape index (κ3) is 2.97. The maximum absolute atomic E-state index is 12.8. The van der Waals surface area contributed by atoms with Gasteiger partial charge < -0.3 is 14.6 Å². The summed E-state index contributed by atoms with van der Waals surface area (Å²) in [6.07, 6.45) is 0.846. The molecule has 1 amide bonds. The van der Waals surface area contributed by atoms with Crippen LogP contribution in [0.4, 0.5) is 5.69 Å². The Morgan fingerprint density at radius 2 is 2.12 bits per heavy atom. The molecule has 0 aliphatic carbocycles. The zero-order chi connectivity index (χ0) is 17.1. The van der Waals surface area contributed by atoms with Crippen molar-refractivity contribution in [3.05, 3.63) is 52.5 Å². The van der Waals surface area contributed by atoms with E-state index in [9.17, 15) is 4.79 Å². The number of nitrogens with one attached hydrogen (secondary N) is 1. The van der Waals surface area contributed by atoms with Gasteiger partial charge in [-0.05, 0) is 48.1 Å². The van der Waals surface area contributed by atoms with Crippen LogP contribution in [0.1, 0.15) is 35.5 Å². The minimum atomic E-state index is -0.0653. The van der Waals surface area contributed by atoms with Gasteiger partial charge in [-0.1, -0.05) is 19.1 Å². The summed E-state index contributed by atoms with van der Waals surface area (Å²) in [5, 5.41) is 5.15. The number of benzene rings is 1. The number of carbonyl (C=O) groups is 1. The number of nitrogens with zero attached hydrogens (tertiary/aromatic N) is 1. The molecule has 0 radical (unpaired) electrons. The number of methoxy groups -OCH3 is 1. The number of ether oxygens (including phenoxy) is 1. The summed E-state index contributed by atoms with van der Waals surface area (Å²) in [4.78, 5) is 12.8. The van der Waals surface area contributed by atoms with E-state index in [1.165, 1.54) is 0 Å². The smallest absolute Gasteiger partial charge is 0.272 e. The number of thiophene rings is 1. The molecule has 4 nitrogen and oxygen atoms in total. The van der Waals surface area contributed by atoms with Crippen LogP contribution < -0.4 is 5.32 Å². The van der Waals surface area contributed by atoms with Crippen molar-refractivity contribution in [2.75, 3.05) is 12.4 Å². The zero-order valence-corrected chi connectivity index (χ0v) is 15.1. The number of rotatable bonds is 6. The van der Waals surface area contributed by atoms with E-state index in [1.54, 1.807) is 18.4 Å². The monoisotopic (exact) mass is 342 g/mol. The predicted octanol–water partition coefficient (Wildman–Crippen LogP) is 4.68. The van der Waals surface area contributed by atoms with Gasteiger partial charge in [0.25, 0.3) is 5.91 Å². The van der Waals surface area contributed by atoms with Gasteiger partial charge in [-0.15, -0.1) is 11.3 Å². The number of aryl methyl sites for hydroxylation is 1. The quantitative estimate of drug-likeness (QED) is 0.706. The highest BCUT2D eigenvalue weighted by atomic mass is 32.1. The Morgan fingerprint density at radius 1 is 1.29 bits per heavy atom. The van der Waals surface area contributed by atoms with Crippen molar-refractivity contribution >= 4 is 33.1 Å². The van der Waals surface area contributed by atoms with Crippen LogP contribution in [-0.2, 0) is 24.3 Å². The summed E-state index contributed by atoms with van der Waals surface area (Å²) in [7, 11) is 1.69. The van der Waals surface area contributed by atoms with Crippen LogP contribution in [-0.4, -0.2) is 17.6 Å². The number of amides is 1. The standard InChI is InChI=1S/C19H22N2O2S/c1-4-14-13(12-23-3)7-6-8-15(14)20-19(22)17-11-18-16(9-10-24-18)21(17)5-2/h6-11H,4-5,12H2,1-3H3,(H,20,22). The molecule has 0 saturated carbocycles. The normalized spacial score (nSPS) is 11.1. The van der Waals surface area contributed by atoms with Crippen molar-refractivity contribution in [2.45, 2.75) is 33.4 Å². The van der Waals surface area contributed by atoms with Crippen LogP contribution >= 0.6 is 11.3 Å². The Bertz CT molecular complexity index is 864. The second kappa shape index (κ2) is 7.20. The largest absolute Gasteiger partial charge is 0.380 e. The molecule has 2 aromatic heterocycles. The van der Waals surface area contributed by atoms with E-state index in [2.05, 4.69) is 35.2 Å². The fourth-order valence-corrected chi connectivity index (χ4v) is 3.97. The van der Waals surface area contributed by atoms with Crippen molar-refractivity contribution in [1.29, 1.82) is 0 Å². The fraction of sp³-hybridized carbons (Fsp3) is 0.316. The number of aromatic nitrogens is 1. The molecule has 0 bridgehead atoms. The summed E-state index contributed by atoms with van der Waals surface area (Å²) >= 11 is 1.66. The van der Waals surface area contributed by atoms with E-state index in [-0.39, 0.29) is 5.91 Å². The lowest BCUT2D eigenvalue weighted by Gasteiger charge is -2.15. The van der Waals surface area contributed by atoms with Gasteiger partial charge in [0.05, 0.1) is 16.8 Å². The van der Waals surface area contributed by atoms with Crippen LogP contribution in [0.25, 0.3) is 10.2 Å². The second-order valence-corrected chi connectivity index (χ2v) is 6.58. The Morgan fingerprint density at radius 3 is 2.83 bits per heavy atom. The molecule has 3 aromatic rings. The van der Waals surface area contributed by atoms with E-state index in [4.69, 9.17) is 4.74 Å². The fourth-order valence-electron chi connectivity index (χ4n) is 3.15. The minimum absolute atomic E-state index is 0.0653. The molecule has 0 unspecified atom stereocenters. The molecule has 0 spiro atoms. The van der Waals surface area contributed by atoms with Crippen molar-refractivity contribution < 1.29 is 9.53 Å². The highest BCUT2D eigenvalue weighted by Gasteiger charge is 2.17. The maximum atomic E-state index is 12.8. The van der Waals surface area contributed by atoms with Crippen LogP contribution in [0.2, 0.25) is 0 Å². The molecule has 0 aliphatic rings. The van der Waals surface area contributed by atoms with Gasteiger partial charge >= 0.3 is 0 Å². The SMILES string of the molecule is CCc1c(COC)cccc1NC(=O)c1cc2sccc2n1CC. The molecular formula is C19H22N2O2S. The van der Waals surface area contributed by atoms with Crippen LogP contribution in [0, 0.1) is 0 Å². The van der Waals surface area contributed by atoms with Gasteiger partial charge in [-0.3, -0.25) is 4.79 Å². The Labute approximate surface area is 146 Å². The first kappa shape index (κ1) is 16.7. The van der Waals surface area contributed by atoms with Crippen LogP contribution in [0.5, 0.6) is 0 Å². The van der Waals surface area contributed by atoms with Gasteiger partial charge in [0.15, 0.2) is 0 Å². The van der Waals surface area contributed by atoms with Gasteiger partial charge in [-0.2, -0.15) is 0 Å².